The summed E-state index contributed by atoms with van der Waals surface area (Å²) < 4.78 is 28.8. The highest BCUT2D eigenvalue weighted by Gasteiger charge is 2.08. The van der Waals surface area contributed by atoms with Gasteiger partial charge in [-0.1, -0.05) is 18.2 Å². The lowest BCUT2D eigenvalue weighted by molar-refractivity contribution is -0.0493. The molecule has 1 aromatic carbocycles. The first-order chi connectivity index (χ1) is 8.75. The highest BCUT2D eigenvalue weighted by Crippen LogP contribution is 2.25. The molecule has 2 rings (SSSR count). The van der Waals surface area contributed by atoms with Gasteiger partial charge in [0.2, 0.25) is 0 Å². The van der Waals surface area contributed by atoms with E-state index in [2.05, 4.69) is 15.0 Å². The van der Waals surface area contributed by atoms with Crippen LogP contribution in [-0.2, 0) is 6.54 Å². The molecule has 1 heterocycles. The minimum absolute atomic E-state index is 0.128. The first kappa shape index (κ1) is 12.3. The van der Waals surface area contributed by atoms with Crippen molar-refractivity contribution < 1.29 is 13.5 Å². The molecule has 0 spiro atoms. The molecule has 18 heavy (non-hydrogen) atoms. The van der Waals surface area contributed by atoms with E-state index in [1.807, 2.05) is 18.2 Å². The van der Waals surface area contributed by atoms with Crippen molar-refractivity contribution in [3.05, 3.63) is 54.4 Å². The Labute approximate surface area is 103 Å². The maximum absolute atomic E-state index is 12.2. The van der Waals surface area contributed by atoms with E-state index in [-0.39, 0.29) is 5.75 Å². The second kappa shape index (κ2) is 5.95. The number of aromatic nitrogens is 1. The maximum Gasteiger partial charge on any atom is 0.387 e. The summed E-state index contributed by atoms with van der Waals surface area (Å²) >= 11 is 0. The van der Waals surface area contributed by atoms with Gasteiger partial charge < -0.3 is 10.1 Å². The third-order valence-corrected chi connectivity index (χ3v) is 2.29. The summed E-state index contributed by atoms with van der Waals surface area (Å²) in [6.07, 6.45) is 1.68. The Morgan fingerprint density at radius 1 is 1.11 bits per heavy atom. The first-order valence-corrected chi connectivity index (χ1v) is 5.43. The number of para-hydroxylation sites is 2. The fraction of sp³-hybridized carbons (Fsp3) is 0.154. The van der Waals surface area contributed by atoms with E-state index in [0.717, 1.165) is 5.69 Å². The normalized spacial score (nSPS) is 10.4. The van der Waals surface area contributed by atoms with Crippen LogP contribution in [0.5, 0.6) is 5.75 Å². The molecule has 3 nitrogen and oxygen atoms in total. The predicted molar refractivity (Wildman–Crippen MR) is 64.6 cm³/mol. The number of alkyl halides is 2. The van der Waals surface area contributed by atoms with E-state index < -0.39 is 6.61 Å². The first-order valence-electron chi connectivity index (χ1n) is 5.43. The van der Waals surface area contributed by atoms with Gasteiger partial charge in [0.1, 0.15) is 5.75 Å². The molecule has 0 fully saturated rings. The number of nitrogens with one attached hydrogen (secondary N) is 1. The Kier molecular flexibility index (Phi) is 4.06. The lowest BCUT2D eigenvalue weighted by atomic mass is 10.3. The average molecular weight is 250 g/mol. The zero-order valence-corrected chi connectivity index (χ0v) is 9.51. The molecular formula is C13H12F2N2O. The van der Waals surface area contributed by atoms with E-state index in [1.54, 1.807) is 24.4 Å². The van der Waals surface area contributed by atoms with Crippen LogP contribution in [0.4, 0.5) is 14.5 Å². The molecule has 0 saturated carbocycles. The van der Waals surface area contributed by atoms with Gasteiger partial charge in [-0.25, -0.2) is 0 Å². The number of halogens is 2. The Hall–Kier alpha value is -2.17. The highest BCUT2D eigenvalue weighted by atomic mass is 19.3. The number of hydrogen-bond donors (Lipinski definition) is 1. The molecule has 5 heteroatoms. The molecule has 0 bridgehead atoms. The molecule has 0 radical (unpaired) electrons. The van der Waals surface area contributed by atoms with Crippen LogP contribution in [0.1, 0.15) is 5.69 Å². The summed E-state index contributed by atoms with van der Waals surface area (Å²) in [6.45, 7) is -2.38. The maximum atomic E-state index is 12.2. The third-order valence-electron chi connectivity index (χ3n) is 2.29. The van der Waals surface area contributed by atoms with Crippen LogP contribution in [0.25, 0.3) is 0 Å². The van der Waals surface area contributed by atoms with E-state index in [1.165, 1.54) is 6.07 Å². The van der Waals surface area contributed by atoms with Crippen molar-refractivity contribution in [2.45, 2.75) is 13.2 Å². The molecular weight excluding hydrogens is 238 g/mol. The van der Waals surface area contributed by atoms with E-state index in [0.29, 0.717) is 12.2 Å². The third kappa shape index (κ3) is 3.41. The molecule has 0 aliphatic heterocycles. The number of rotatable bonds is 5. The summed E-state index contributed by atoms with van der Waals surface area (Å²) in [7, 11) is 0. The van der Waals surface area contributed by atoms with Gasteiger partial charge in [0.15, 0.2) is 0 Å². The zero-order chi connectivity index (χ0) is 12.8. The van der Waals surface area contributed by atoms with Crippen LogP contribution in [0.2, 0.25) is 0 Å². The van der Waals surface area contributed by atoms with Crippen LogP contribution < -0.4 is 10.1 Å². The second-order valence-electron chi connectivity index (χ2n) is 3.55. The summed E-state index contributed by atoms with van der Waals surface area (Å²) in [6, 6.07) is 12.1. The number of anilines is 1. The summed E-state index contributed by atoms with van der Waals surface area (Å²) in [5.41, 5.74) is 1.34. The molecule has 0 unspecified atom stereocenters. The lowest BCUT2D eigenvalue weighted by Gasteiger charge is -2.12. The van der Waals surface area contributed by atoms with Crippen molar-refractivity contribution >= 4 is 5.69 Å². The SMILES string of the molecule is FC(F)Oc1ccccc1NCc1ccccn1. The summed E-state index contributed by atoms with van der Waals surface area (Å²) in [4.78, 5) is 4.13. The van der Waals surface area contributed by atoms with Crippen LogP contribution in [0.3, 0.4) is 0 Å². The Morgan fingerprint density at radius 3 is 2.61 bits per heavy atom. The fourth-order valence-electron chi connectivity index (χ4n) is 1.50. The topological polar surface area (TPSA) is 34.1 Å². The standard InChI is InChI=1S/C13H12F2N2O/c14-13(15)18-12-7-2-1-6-11(12)17-9-10-5-3-4-8-16-10/h1-8,13,17H,9H2. The van der Waals surface area contributed by atoms with Gasteiger partial charge in [0.05, 0.1) is 17.9 Å². The Morgan fingerprint density at radius 2 is 1.89 bits per heavy atom. The van der Waals surface area contributed by atoms with Crippen LogP contribution in [0.15, 0.2) is 48.7 Å². The van der Waals surface area contributed by atoms with Crippen LogP contribution in [0, 0.1) is 0 Å². The number of benzene rings is 1. The molecule has 0 atom stereocenters. The molecule has 2 aromatic rings. The van der Waals surface area contributed by atoms with E-state index >= 15 is 0 Å². The highest BCUT2D eigenvalue weighted by molar-refractivity contribution is 5.56. The van der Waals surface area contributed by atoms with Crippen LogP contribution in [-0.4, -0.2) is 11.6 Å². The number of nitrogens with zero attached hydrogens (tertiary/aromatic N) is 1. The molecule has 94 valence electrons. The van der Waals surface area contributed by atoms with Gasteiger partial charge in [0.25, 0.3) is 0 Å². The fourth-order valence-corrected chi connectivity index (χ4v) is 1.50. The van der Waals surface area contributed by atoms with Gasteiger partial charge in [-0.2, -0.15) is 8.78 Å². The Bertz CT molecular complexity index is 491. The van der Waals surface area contributed by atoms with Gasteiger partial charge in [-0.05, 0) is 24.3 Å². The summed E-state index contributed by atoms with van der Waals surface area (Å²) in [5, 5.41) is 3.01. The van der Waals surface area contributed by atoms with Gasteiger partial charge in [0, 0.05) is 6.20 Å². The van der Waals surface area contributed by atoms with Crippen molar-refractivity contribution in [2.75, 3.05) is 5.32 Å². The molecule has 0 saturated heterocycles. The molecule has 1 N–H and O–H groups in total. The molecule has 0 amide bonds. The zero-order valence-electron chi connectivity index (χ0n) is 9.51. The van der Waals surface area contributed by atoms with Crippen molar-refractivity contribution in [3.8, 4) is 5.75 Å². The average Bonchev–Trinajstić information content (AvgIpc) is 2.38. The van der Waals surface area contributed by atoms with Crippen molar-refractivity contribution in [3.63, 3.8) is 0 Å². The van der Waals surface area contributed by atoms with Gasteiger partial charge >= 0.3 is 6.61 Å². The smallest absolute Gasteiger partial charge is 0.387 e. The molecule has 1 aromatic heterocycles. The predicted octanol–water partition coefficient (Wildman–Crippen LogP) is 3.30. The van der Waals surface area contributed by atoms with Crippen molar-refractivity contribution in [1.82, 2.24) is 4.98 Å². The van der Waals surface area contributed by atoms with Crippen molar-refractivity contribution in [1.29, 1.82) is 0 Å². The van der Waals surface area contributed by atoms with Gasteiger partial charge in [-0.3, -0.25) is 4.98 Å². The summed E-state index contributed by atoms with van der Waals surface area (Å²) in [5.74, 6) is 0.128. The number of pyridine rings is 1. The molecule has 0 aliphatic carbocycles. The van der Waals surface area contributed by atoms with E-state index in [9.17, 15) is 8.78 Å². The van der Waals surface area contributed by atoms with Crippen molar-refractivity contribution in [2.24, 2.45) is 0 Å². The Balaban J connectivity index is 2.05. The largest absolute Gasteiger partial charge is 0.433 e. The lowest BCUT2D eigenvalue weighted by Crippen LogP contribution is -2.07. The molecule has 0 aliphatic rings. The quantitative estimate of drug-likeness (QED) is 0.884. The van der Waals surface area contributed by atoms with Gasteiger partial charge in [-0.15, -0.1) is 0 Å². The minimum atomic E-state index is -2.83. The number of ether oxygens (including phenoxy) is 1. The minimum Gasteiger partial charge on any atom is -0.433 e. The second-order valence-corrected chi connectivity index (χ2v) is 3.55. The number of hydrogen-bond acceptors (Lipinski definition) is 3. The monoisotopic (exact) mass is 250 g/mol. The van der Waals surface area contributed by atoms with E-state index in [4.69, 9.17) is 0 Å². The van der Waals surface area contributed by atoms with Crippen LogP contribution >= 0.6 is 0 Å².